The number of hydrogen-bond acceptors (Lipinski definition) is 3. The van der Waals surface area contributed by atoms with Crippen LogP contribution in [0.2, 0.25) is 0 Å². The van der Waals surface area contributed by atoms with E-state index < -0.39 is 6.04 Å². The Balaban J connectivity index is 1.65. The van der Waals surface area contributed by atoms with Crippen molar-refractivity contribution >= 4 is 5.91 Å². The number of hydrogen-bond donors (Lipinski definition) is 0. The first kappa shape index (κ1) is 16.2. The molecule has 0 saturated carbocycles. The standard InChI is InChI=1S/C19H18FN3O/c20-17-8-6-15(7-9-17)18(14-21)22-10-12-23(13-11-22)19(24)16-4-2-1-3-5-16/h1-9,18H,10-13H2/t18-/m1/s1. The highest BCUT2D eigenvalue weighted by molar-refractivity contribution is 5.94. The summed E-state index contributed by atoms with van der Waals surface area (Å²) in [6.07, 6.45) is 0. The lowest BCUT2D eigenvalue weighted by atomic mass is 10.1. The molecule has 3 rings (SSSR count). The predicted molar refractivity (Wildman–Crippen MR) is 88.7 cm³/mol. The largest absolute Gasteiger partial charge is 0.336 e. The second-order valence-electron chi connectivity index (χ2n) is 5.78. The van der Waals surface area contributed by atoms with Gasteiger partial charge in [-0.3, -0.25) is 9.69 Å². The lowest BCUT2D eigenvalue weighted by molar-refractivity contribution is 0.0606. The van der Waals surface area contributed by atoms with Crippen molar-refractivity contribution in [2.45, 2.75) is 6.04 Å². The molecule has 2 aromatic rings. The van der Waals surface area contributed by atoms with Crippen molar-refractivity contribution in [3.8, 4) is 6.07 Å². The minimum atomic E-state index is -0.417. The molecule has 1 amide bonds. The van der Waals surface area contributed by atoms with Crippen LogP contribution >= 0.6 is 0 Å². The molecule has 0 bridgehead atoms. The van der Waals surface area contributed by atoms with E-state index in [0.717, 1.165) is 5.56 Å². The highest BCUT2D eigenvalue weighted by Gasteiger charge is 2.27. The molecule has 122 valence electrons. The van der Waals surface area contributed by atoms with Crippen LogP contribution in [0.5, 0.6) is 0 Å². The zero-order valence-electron chi connectivity index (χ0n) is 13.2. The van der Waals surface area contributed by atoms with Gasteiger partial charge in [-0.05, 0) is 29.8 Å². The Morgan fingerprint density at radius 3 is 2.21 bits per heavy atom. The van der Waals surface area contributed by atoms with Gasteiger partial charge in [0.25, 0.3) is 5.91 Å². The molecule has 0 radical (unpaired) electrons. The van der Waals surface area contributed by atoms with Crippen molar-refractivity contribution in [2.75, 3.05) is 26.2 Å². The smallest absolute Gasteiger partial charge is 0.253 e. The molecule has 2 aromatic carbocycles. The predicted octanol–water partition coefficient (Wildman–Crippen LogP) is 2.85. The van der Waals surface area contributed by atoms with Crippen molar-refractivity contribution < 1.29 is 9.18 Å². The second-order valence-corrected chi connectivity index (χ2v) is 5.78. The molecule has 1 aliphatic rings. The maximum Gasteiger partial charge on any atom is 0.253 e. The van der Waals surface area contributed by atoms with Crippen LogP contribution in [0.3, 0.4) is 0 Å². The molecule has 0 aromatic heterocycles. The summed E-state index contributed by atoms with van der Waals surface area (Å²) in [4.78, 5) is 16.3. The van der Waals surface area contributed by atoms with E-state index in [9.17, 15) is 14.4 Å². The van der Waals surface area contributed by atoms with Crippen molar-refractivity contribution in [1.29, 1.82) is 5.26 Å². The molecule has 4 nitrogen and oxygen atoms in total. The fourth-order valence-corrected chi connectivity index (χ4v) is 2.96. The van der Waals surface area contributed by atoms with Gasteiger partial charge in [0.1, 0.15) is 11.9 Å². The summed E-state index contributed by atoms with van der Waals surface area (Å²) in [7, 11) is 0. The lowest BCUT2D eigenvalue weighted by Crippen LogP contribution is -2.49. The third-order valence-corrected chi connectivity index (χ3v) is 4.30. The number of carbonyl (C=O) groups excluding carboxylic acids is 1. The highest BCUT2D eigenvalue weighted by atomic mass is 19.1. The summed E-state index contributed by atoms with van der Waals surface area (Å²) in [5, 5.41) is 9.49. The average molecular weight is 323 g/mol. The van der Waals surface area contributed by atoms with Gasteiger partial charge >= 0.3 is 0 Å². The van der Waals surface area contributed by atoms with Crippen LogP contribution in [-0.4, -0.2) is 41.9 Å². The van der Waals surface area contributed by atoms with E-state index in [1.807, 2.05) is 40.1 Å². The second kappa shape index (κ2) is 7.24. The third-order valence-electron chi connectivity index (χ3n) is 4.30. The van der Waals surface area contributed by atoms with E-state index in [4.69, 9.17) is 0 Å². The van der Waals surface area contributed by atoms with Gasteiger partial charge in [-0.25, -0.2) is 4.39 Å². The number of halogens is 1. The van der Waals surface area contributed by atoms with Gasteiger partial charge in [0.2, 0.25) is 0 Å². The SMILES string of the molecule is N#C[C@H](c1ccc(F)cc1)N1CCN(C(=O)c2ccccc2)CC1. The lowest BCUT2D eigenvalue weighted by Gasteiger charge is -2.37. The molecule has 1 saturated heterocycles. The summed E-state index contributed by atoms with van der Waals surface area (Å²) in [6, 6.07) is 17.1. The minimum Gasteiger partial charge on any atom is -0.336 e. The number of nitrogens with zero attached hydrogens (tertiary/aromatic N) is 3. The number of benzene rings is 2. The number of nitriles is 1. The highest BCUT2D eigenvalue weighted by Crippen LogP contribution is 2.22. The Morgan fingerprint density at radius 1 is 1.00 bits per heavy atom. The summed E-state index contributed by atoms with van der Waals surface area (Å²) in [6.45, 7) is 2.39. The van der Waals surface area contributed by atoms with Crippen LogP contribution in [0.25, 0.3) is 0 Å². The van der Waals surface area contributed by atoms with E-state index in [0.29, 0.717) is 31.7 Å². The van der Waals surface area contributed by atoms with E-state index in [1.54, 1.807) is 12.1 Å². The molecule has 0 N–H and O–H groups in total. The molecule has 0 aliphatic carbocycles. The van der Waals surface area contributed by atoms with Crippen molar-refractivity contribution in [3.63, 3.8) is 0 Å². The van der Waals surface area contributed by atoms with Crippen LogP contribution in [0.4, 0.5) is 4.39 Å². The van der Waals surface area contributed by atoms with Crippen LogP contribution < -0.4 is 0 Å². The van der Waals surface area contributed by atoms with E-state index in [2.05, 4.69) is 6.07 Å². The van der Waals surface area contributed by atoms with Gasteiger partial charge < -0.3 is 4.90 Å². The fourth-order valence-electron chi connectivity index (χ4n) is 2.96. The summed E-state index contributed by atoms with van der Waals surface area (Å²) >= 11 is 0. The monoisotopic (exact) mass is 323 g/mol. The third kappa shape index (κ3) is 3.44. The van der Waals surface area contributed by atoms with E-state index in [-0.39, 0.29) is 11.7 Å². The number of amides is 1. The summed E-state index contributed by atoms with van der Waals surface area (Å²) in [5.74, 6) is -0.292. The molecule has 24 heavy (non-hydrogen) atoms. The first-order chi connectivity index (χ1) is 11.7. The molecule has 0 spiro atoms. The van der Waals surface area contributed by atoms with Gasteiger partial charge in [0, 0.05) is 31.7 Å². The first-order valence-corrected chi connectivity index (χ1v) is 7.92. The summed E-state index contributed by atoms with van der Waals surface area (Å²) < 4.78 is 13.1. The molecule has 1 aliphatic heterocycles. The Kier molecular flexibility index (Phi) is 4.88. The number of piperazine rings is 1. The summed E-state index contributed by atoms with van der Waals surface area (Å²) in [5.41, 5.74) is 1.46. The number of carbonyl (C=O) groups is 1. The van der Waals surface area contributed by atoms with Crippen LogP contribution in [-0.2, 0) is 0 Å². The molecule has 1 atom stereocenters. The molecular formula is C19H18FN3O. The first-order valence-electron chi connectivity index (χ1n) is 7.92. The van der Waals surface area contributed by atoms with Crippen LogP contribution in [0, 0.1) is 17.1 Å². The molecule has 5 heteroatoms. The zero-order chi connectivity index (χ0) is 16.9. The molecule has 0 unspecified atom stereocenters. The Bertz CT molecular complexity index is 731. The van der Waals surface area contributed by atoms with Crippen molar-refractivity contribution in [2.24, 2.45) is 0 Å². The maximum absolute atomic E-state index is 13.1. The van der Waals surface area contributed by atoms with E-state index in [1.165, 1.54) is 12.1 Å². The normalized spacial score (nSPS) is 16.4. The fraction of sp³-hybridized carbons (Fsp3) is 0.263. The van der Waals surface area contributed by atoms with Gasteiger partial charge in [-0.2, -0.15) is 5.26 Å². The topological polar surface area (TPSA) is 47.3 Å². The minimum absolute atomic E-state index is 0.0190. The Hall–Kier alpha value is -2.71. The van der Waals surface area contributed by atoms with Gasteiger partial charge in [0.05, 0.1) is 6.07 Å². The average Bonchev–Trinajstić information content (AvgIpc) is 2.64. The molecule has 1 heterocycles. The van der Waals surface area contributed by atoms with Gasteiger partial charge in [0.15, 0.2) is 0 Å². The molecular weight excluding hydrogens is 305 g/mol. The Morgan fingerprint density at radius 2 is 1.62 bits per heavy atom. The van der Waals surface area contributed by atoms with Crippen molar-refractivity contribution in [3.05, 3.63) is 71.5 Å². The molecule has 1 fully saturated rings. The van der Waals surface area contributed by atoms with Gasteiger partial charge in [-0.15, -0.1) is 0 Å². The van der Waals surface area contributed by atoms with E-state index >= 15 is 0 Å². The van der Waals surface area contributed by atoms with Crippen LogP contribution in [0.15, 0.2) is 54.6 Å². The quantitative estimate of drug-likeness (QED) is 0.872. The Labute approximate surface area is 140 Å². The van der Waals surface area contributed by atoms with Crippen molar-refractivity contribution in [1.82, 2.24) is 9.80 Å². The number of rotatable bonds is 3. The van der Waals surface area contributed by atoms with Gasteiger partial charge in [-0.1, -0.05) is 30.3 Å². The maximum atomic E-state index is 13.1. The zero-order valence-corrected chi connectivity index (χ0v) is 13.2. The van der Waals surface area contributed by atoms with Crippen LogP contribution in [0.1, 0.15) is 22.0 Å².